The van der Waals surface area contributed by atoms with E-state index in [0.717, 1.165) is 33.2 Å². The molecule has 1 aliphatic heterocycles. The summed E-state index contributed by atoms with van der Waals surface area (Å²) in [6, 6.07) is 48.6. The minimum absolute atomic E-state index is 0.286. The second kappa shape index (κ2) is 16.4. The van der Waals surface area contributed by atoms with Crippen molar-refractivity contribution in [2.45, 2.75) is 57.1 Å². The molecule has 0 aliphatic carbocycles. The Morgan fingerprint density at radius 3 is 1.55 bits per heavy atom. The van der Waals surface area contributed by atoms with E-state index in [4.69, 9.17) is 35.3 Å². The van der Waals surface area contributed by atoms with E-state index in [1.165, 1.54) is 0 Å². The Hall–Kier alpha value is -4.27. The van der Waals surface area contributed by atoms with Crippen LogP contribution in [0.4, 0.5) is 0 Å². The molecule has 49 heavy (non-hydrogen) atoms. The lowest BCUT2D eigenvalue weighted by atomic mass is 9.96. The monoisotopic (exact) mass is 673 g/mol. The zero-order valence-electron chi connectivity index (χ0n) is 27.2. The van der Waals surface area contributed by atoms with Crippen LogP contribution in [0.25, 0.3) is 10.9 Å². The van der Waals surface area contributed by atoms with Crippen molar-refractivity contribution < 1.29 is 23.7 Å². The smallest absolute Gasteiger partial charge is 0.163 e. The Bertz CT molecular complexity index is 1870. The fourth-order valence-electron chi connectivity index (χ4n) is 6.38. The Balaban J connectivity index is 1.27. The molecular weight excluding hydrogens is 634 g/mol. The van der Waals surface area contributed by atoms with Crippen LogP contribution < -0.4 is 0 Å². The van der Waals surface area contributed by atoms with Crippen LogP contribution in [0.15, 0.2) is 152 Å². The van der Waals surface area contributed by atoms with E-state index in [-0.39, 0.29) is 6.61 Å². The molecule has 0 saturated carbocycles. The van der Waals surface area contributed by atoms with Crippen LogP contribution in [0, 0.1) is 0 Å². The van der Waals surface area contributed by atoms with Crippen molar-refractivity contribution in [3.8, 4) is 0 Å². The van der Waals surface area contributed by atoms with Crippen molar-refractivity contribution in [2.75, 3.05) is 6.61 Å². The lowest BCUT2D eigenvalue weighted by molar-refractivity contribution is -0.289. The van der Waals surface area contributed by atoms with Crippen molar-refractivity contribution in [3.63, 3.8) is 0 Å². The molecule has 1 saturated heterocycles. The van der Waals surface area contributed by atoms with Crippen molar-refractivity contribution in [1.29, 1.82) is 0 Å². The molecule has 0 unspecified atom stereocenters. The van der Waals surface area contributed by atoms with Gasteiger partial charge in [-0.25, -0.2) is 0 Å². The number of ether oxygens (including phenoxy) is 5. The van der Waals surface area contributed by atoms with Gasteiger partial charge in [-0.05, 0) is 34.4 Å². The number of halogens is 1. The maximum Gasteiger partial charge on any atom is 0.163 e. The first-order chi connectivity index (χ1) is 24.2. The van der Waals surface area contributed by atoms with E-state index in [2.05, 4.69) is 65.2 Å². The first-order valence-corrected chi connectivity index (χ1v) is 17.1. The lowest BCUT2D eigenvalue weighted by Gasteiger charge is -2.46. The first-order valence-electron chi connectivity index (χ1n) is 16.7. The highest BCUT2D eigenvalue weighted by molar-refractivity contribution is 6.35. The van der Waals surface area contributed by atoms with Gasteiger partial charge in [-0.2, -0.15) is 0 Å². The number of nitrogens with zero attached hydrogens (tertiary/aromatic N) is 1. The summed E-state index contributed by atoms with van der Waals surface area (Å²) in [7, 11) is 0. The Morgan fingerprint density at radius 2 is 1.00 bits per heavy atom. The number of hydrogen-bond acceptors (Lipinski definition) is 5. The predicted molar refractivity (Wildman–Crippen MR) is 192 cm³/mol. The van der Waals surface area contributed by atoms with Gasteiger partial charge in [-0.1, -0.05) is 145 Å². The normalized spacial score (nSPS) is 20.8. The number of hydrogen-bond donors (Lipinski definition) is 0. The van der Waals surface area contributed by atoms with Gasteiger partial charge in [-0.3, -0.25) is 0 Å². The quantitative estimate of drug-likeness (QED) is 0.115. The summed E-state index contributed by atoms with van der Waals surface area (Å²) < 4.78 is 36.1. The molecule has 1 aromatic heterocycles. The molecule has 0 bridgehead atoms. The SMILES string of the molecule is Clc1cccc2ccn([C@@H]3O[C@H](COCc4ccccc4)[C@@H](OCc4ccccc4)[C@H](OCc4ccccc4)[C@H]3OCc3ccccc3)c12. The molecule has 5 aromatic carbocycles. The van der Waals surface area contributed by atoms with Gasteiger partial charge in [-0.15, -0.1) is 0 Å². The molecule has 7 heteroatoms. The average molecular weight is 674 g/mol. The van der Waals surface area contributed by atoms with Gasteiger partial charge in [0.2, 0.25) is 0 Å². The summed E-state index contributed by atoms with van der Waals surface area (Å²) in [4.78, 5) is 0. The molecule has 6 aromatic rings. The van der Waals surface area contributed by atoms with Crippen LogP contribution in [0.5, 0.6) is 0 Å². The van der Waals surface area contributed by atoms with Crippen LogP contribution in [-0.2, 0) is 50.1 Å². The van der Waals surface area contributed by atoms with Gasteiger partial charge in [0.05, 0.1) is 43.6 Å². The topological polar surface area (TPSA) is 51.1 Å². The molecule has 0 spiro atoms. The van der Waals surface area contributed by atoms with Crippen LogP contribution in [0.1, 0.15) is 28.5 Å². The molecule has 7 rings (SSSR count). The Labute approximate surface area is 292 Å². The predicted octanol–water partition coefficient (Wildman–Crippen LogP) is 9.17. The highest BCUT2D eigenvalue weighted by Crippen LogP contribution is 2.39. The molecule has 0 radical (unpaired) electrons. The summed E-state index contributed by atoms with van der Waals surface area (Å²) in [5.74, 6) is 0. The third kappa shape index (κ3) is 8.31. The molecule has 250 valence electrons. The van der Waals surface area contributed by atoms with Crippen molar-refractivity contribution in [1.82, 2.24) is 4.57 Å². The first kappa shape index (κ1) is 33.2. The standard InChI is InChI=1S/C42H40ClNO5/c43-36-23-13-22-35-24-25-44(38(35)36)42-41(48-29-34-20-11-4-12-21-34)40(47-28-33-18-9-3-10-19-33)39(46-27-32-16-7-2-8-17-32)37(49-42)30-45-26-31-14-5-1-6-15-31/h1-25,37,39-42H,26-30H2/t37-,39-,40+,41-,42-/m1/s1. The molecule has 6 nitrogen and oxygen atoms in total. The van der Waals surface area contributed by atoms with Gasteiger partial charge in [0.25, 0.3) is 0 Å². The second-order valence-corrected chi connectivity index (χ2v) is 12.7. The number of fused-ring (bicyclic) bond motifs is 1. The number of para-hydroxylation sites is 1. The zero-order valence-corrected chi connectivity index (χ0v) is 28.0. The van der Waals surface area contributed by atoms with E-state index in [1.807, 2.05) is 91.1 Å². The number of rotatable bonds is 14. The fourth-order valence-corrected chi connectivity index (χ4v) is 6.65. The highest BCUT2D eigenvalue weighted by Gasteiger charge is 2.49. The van der Waals surface area contributed by atoms with E-state index in [0.29, 0.717) is 31.5 Å². The summed E-state index contributed by atoms with van der Waals surface area (Å²) in [5.41, 5.74) is 5.12. The maximum atomic E-state index is 7.07. The highest BCUT2D eigenvalue weighted by atomic mass is 35.5. The minimum Gasteiger partial charge on any atom is -0.374 e. The molecule has 1 aliphatic rings. The van der Waals surface area contributed by atoms with Crippen molar-refractivity contribution in [3.05, 3.63) is 179 Å². The average Bonchev–Trinajstić information content (AvgIpc) is 3.60. The molecule has 5 atom stereocenters. The lowest BCUT2D eigenvalue weighted by Crippen LogP contribution is -2.59. The largest absolute Gasteiger partial charge is 0.374 e. The van der Waals surface area contributed by atoms with Crippen molar-refractivity contribution >= 4 is 22.5 Å². The zero-order chi connectivity index (χ0) is 33.3. The molecule has 0 N–H and O–H groups in total. The van der Waals surface area contributed by atoms with Crippen molar-refractivity contribution in [2.24, 2.45) is 0 Å². The van der Waals surface area contributed by atoms with Gasteiger partial charge < -0.3 is 28.3 Å². The van der Waals surface area contributed by atoms with Crippen LogP contribution in [0.2, 0.25) is 5.02 Å². The number of aromatic nitrogens is 1. The van der Waals surface area contributed by atoms with E-state index in [9.17, 15) is 0 Å². The third-order valence-corrected chi connectivity index (χ3v) is 9.13. The van der Waals surface area contributed by atoms with Gasteiger partial charge in [0, 0.05) is 11.6 Å². The summed E-state index contributed by atoms with van der Waals surface area (Å²) in [6.45, 7) is 1.85. The molecule has 1 fully saturated rings. The van der Waals surface area contributed by atoms with Gasteiger partial charge in [0.15, 0.2) is 6.23 Å². The Morgan fingerprint density at radius 1 is 0.510 bits per heavy atom. The van der Waals surface area contributed by atoms with E-state index in [1.54, 1.807) is 0 Å². The van der Waals surface area contributed by atoms with Crippen LogP contribution in [-0.4, -0.2) is 35.6 Å². The maximum absolute atomic E-state index is 7.07. The Kier molecular flexibility index (Phi) is 11.1. The van der Waals surface area contributed by atoms with E-state index < -0.39 is 30.6 Å². The van der Waals surface area contributed by atoms with E-state index >= 15 is 0 Å². The number of benzene rings is 5. The van der Waals surface area contributed by atoms with Crippen LogP contribution >= 0.6 is 11.6 Å². The fraction of sp³-hybridized carbons (Fsp3) is 0.238. The minimum atomic E-state index is -0.594. The third-order valence-electron chi connectivity index (χ3n) is 8.82. The van der Waals surface area contributed by atoms with Gasteiger partial charge >= 0.3 is 0 Å². The second-order valence-electron chi connectivity index (χ2n) is 12.3. The van der Waals surface area contributed by atoms with Gasteiger partial charge in [0.1, 0.15) is 24.4 Å². The summed E-state index contributed by atoms with van der Waals surface area (Å²) in [5, 5.41) is 1.65. The molecule has 2 heterocycles. The summed E-state index contributed by atoms with van der Waals surface area (Å²) >= 11 is 6.86. The summed E-state index contributed by atoms with van der Waals surface area (Å²) in [6.07, 6.45) is -0.687. The molecule has 0 amide bonds. The van der Waals surface area contributed by atoms with Crippen LogP contribution in [0.3, 0.4) is 0 Å². The molecular formula is C42H40ClNO5.